The molecule has 0 bridgehead atoms. The van der Waals surface area contributed by atoms with Gasteiger partial charge in [0.05, 0.1) is 13.0 Å². The van der Waals surface area contributed by atoms with Gasteiger partial charge in [-0.05, 0) is 18.3 Å². The Labute approximate surface area is 92.7 Å². The SMILES string of the molecule is CCCOC(=O)CC1(C)C=CCC1(C)C. The Morgan fingerprint density at radius 2 is 2.07 bits per heavy atom. The topological polar surface area (TPSA) is 26.3 Å². The van der Waals surface area contributed by atoms with Gasteiger partial charge in [-0.3, -0.25) is 4.79 Å². The predicted molar refractivity (Wildman–Crippen MR) is 61.5 cm³/mol. The van der Waals surface area contributed by atoms with Crippen molar-refractivity contribution in [2.24, 2.45) is 10.8 Å². The van der Waals surface area contributed by atoms with Crippen LogP contribution in [0, 0.1) is 10.8 Å². The Morgan fingerprint density at radius 1 is 1.40 bits per heavy atom. The van der Waals surface area contributed by atoms with Crippen LogP contribution in [0.1, 0.15) is 47.0 Å². The second-order valence-electron chi connectivity index (χ2n) is 5.31. The summed E-state index contributed by atoms with van der Waals surface area (Å²) in [7, 11) is 0. The summed E-state index contributed by atoms with van der Waals surface area (Å²) >= 11 is 0. The lowest BCUT2D eigenvalue weighted by molar-refractivity contribution is -0.147. The summed E-state index contributed by atoms with van der Waals surface area (Å²) in [5, 5.41) is 0. The molecule has 0 saturated carbocycles. The maximum absolute atomic E-state index is 11.6. The minimum atomic E-state index is -0.0704. The van der Waals surface area contributed by atoms with Crippen molar-refractivity contribution in [2.45, 2.75) is 47.0 Å². The third-order valence-corrected chi connectivity index (χ3v) is 3.64. The zero-order valence-corrected chi connectivity index (χ0v) is 10.3. The van der Waals surface area contributed by atoms with E-state index < -0.39 is 0 Å². The molecule has 1 unspecified atom stereocenters. The Morgan fingerprint density at radius 3 is 2.53 bits per heavy atom. The first-order chi connectivity index (χ1) is 6.91. The molecule has 15 heavy (non-hydrogen) atoms. The average Bonchev–Trinajstić information content (AvgIpc) is 2.38. The molecule has 1 atom stereocenters. The molecule has 86 valence electrons. The van der Waals surface area contributed by atoms with Gasteiger partial charge in [-0.25, -0.2) is 0 Å². The van der Waals surface area contributed by atoms with Gasteiger partial charge in [0.2, 0.25) is 0 Å². The van der Waals surface area contributed by atoms with Gasteiger partial charge < -0.3 is 4.74 Å². The van der Waals surface area contributed by atoms with Crippen LogP contribution in [-0.4, -0.2) is 12.6 Å². The zero-order valence-electron chi connectivity index (χ0n) is 10.3. The number of hydrogen-bond donors (Lipinski definition) is 0. The summed E-state index contributed by atoms with van der Waals surface area (Å²) in [6.45, 7) is 9.11. The van der Waals surface area contributed by atoms with Crippen molar-refractivity contribution in [1.82, 2.24) is 0 Å². The van der Waals surface area contributed by atoms with Gasteiger partial charge in [-0.2, -0.15) is 0 Å². The third kappa shape index (κ3) is 2.61. The Bertz CT molecular complexity index is 266. The molecule has 0 aliphatic heterocycles. The standard InChI is InChI=1S/C13H22O2/c1-5-9-15-11(14)10-13(4)8-6-7-12(13,2)3/h6,8H,5,7,9-10H2,1-4H3. The number of ether oxygens (including phenoxy) is 1. The second kappa shape index (κ2) is 4.38. The number of allylic oxidation sites excluding steroid dienone is 2. The smallest absolute Gasteiger partial charge is 0.306 e. The maximum atomic E-state index is 11.6. The second-order valence-corrected chi connectivity index (χ2v) is 5.31. The van der Waals surface area contributed by atoms with E-state index in [0.717, 1.165) is 12.8 Å². The molecule has 2 heteroatoms. The minimum Gasteiger partial charge on any atom is -0.466 e. The zero-order chi connectivity index (χ0) is 11.5. The van der Waals surface area contributed by atoms with E-state index in [-0.39, 0.29) is 16.8 Å². The van der Waals surface area contributed by atoms with Crippen LogP contribution >= 0.6 is 0 Å². The van der Waals surface area contributed by atoms with E-state index in [2.05, 4.69) is 32.9 Å². The van der Waals surface area contributed by atoms with Crippen molar-refractivity contribution in [3.05, 3.63) is 12.2 Å². The van der Waals surface area contributed by atoms with Gasteiger partial charge in [0.25, 0.3) is 0 Å². The molecule has 0 aromatic rings. The fraction of sp³-hybridized carbons (Fsp3) is 0.769. The fourth-order valence-electron chi connectivity index (χ4n) is 1.94. The maximum Gasteiger partial charge on any atom is 0.306 e. The van der Waals surface area contributed by atoms with Gasteiger partial charge in [0, 0.05) is 5.41 Å². The first-order valence-electron chi connectivity index (χ1n) is 5.74. The molecule has 0 aromatic carbocycles. The van der Waals surface area contributed by atoms with Crippen molar-refractivity contribution in [3.63, 3.8) is 0 Å². The normalized spacial score (nSPS) is 28.0. The lowest BCUT2D eigenvalue weighted by Crippen LogP contribution is -2.32. The molecule has 0 spiro atoms. The van der Waals surface area contributed by atoms with E-state index in [9.17, 15) is 4.79 Å². The summed E-state index contributed by atoms with van der Waals surface area (Å²) in [5.41, 5.74) is 0.121. The van der Waals surface area contributed by atoms with E-state index >= 15 is 0 Å². The number of esters is 1. The molecular formula is C13H22O2. The van der Waals surface area contributed by atoms with Crippen LogP contribution in [0.5, 0.6) is 0 Å². The Kier molecular flexibility index (Phi) is 3.58. The van der Waals surface area contributed by atoms with E-state index in [1.54, 1.807) is 0 Å². The van der Waals surface area contributed by atoms with Crippen molar-refractivity contribution < 1.29 is 9.53 Å². The van der Waals surface area contributed by atoms with E-state index in [4.69, 9.17) is 4.74 Å². The Balaban J connectivity index is 2.56. The summed E-state index contributed by atoms with van der Waals surface area (Å²) < 4.78 is 5.14. The molecule has 1 aliphatic carbocycles. The van der Waals surface area contributed by atoms with Crippen LogP contribution in [0.3, 0.4) is 0 Å². The van der Waals surface area contributed by atoms with Gasteiger partial charge in [-0.1, -0.05) is 39.8 Å². The molecule has 0 fully saturated rings. The first-order valence-corrected chi connectivity index (χ1v) is 5.74. The third-order valence-electron chi connectivity index (χ3n) is 3.64. The lowest BCUT2D eigenvalue weighted by atomic mass is 9.67. The molecule has 0 saturated heterocycles. The van der Waals surface area contributed by atoms with Crippen LogP contribution < -0.4 is 0 Å². The first kappa shape index (κ1) is 12.3. The molecule has 0 radical (unpaired) electrons. The van der Waals surface area contributed by atoms with Crippen LogP contribution in [-0.2, 0) is 9.53 Å². The van der Waals surface area contributed by atoms with Gasteiger partial charge in [0.1, 0.15) is 0 Å². The molecular weight excluding hydrogens is 188 g/mol. The summed E-state index contributed by atoms with van der Waals surface area (Å²) in [6, 6.07) is 0. The highest BCUT2D eigenvalue weighted by molar-refractivity contribution is 5.71. The van der Waals surface area contributed by atoms with E-state index in [0.29, 0.717) is 13.0 Å². The van der Waals surface area contributed by atoms with Crippen LogP contribution in [0.25, 0.3) is 0 Å². The Hall–Kier alpha value is -0.790. The number of carbonyl (C=O) groups excluding carboxylic acids is 1. The molecule has 0 amide bonds. The highest BCUT2D eigenvalue weighted by Crippen LogP contribution is 2.50. The summed E-state index contributed by atoms with van der Waals surface area (Å²) in [4.78, 5) is 11.6. The van der Waals surface area contributed by atoms with Crippen molar-refractivity contribution in [1.29, 1.82) is 0 Å². The van der Waals surface area contributed by atoms with Gasteiger partial charge in [-0.15, -0.1) is 0 Å². The van der Waals surface area contributed by atoms with E-state index in [1.165, 1.54) is 0 Å². The van der Waals surface area contributed by atoms with Gasteiger partial charge >= 0.3 is 5.97 Å². The summed E-state index contributed by atoms with van der Waals surface area (Å²) in [6.07, 6.45) is 6.77. The fourth-order valence-corrected chi connectivity index (χ4v) is 1.94. The predicted octanol–water partition coefficient (Wildman–Crippen LogP) is 3.32. The summed E-state index contributed by atoms with van der Waals surface area (Å²) in [5.74, 6) is -0.0704. The van der Waals surface area contributed by atoms with E-state index in [1.807, 2.05) is 6.92 Å². The molecule has 0 heterocycles. The average molecular weight is 210 g/mol. The number of hydrogen-bond acceptors (Lipinski definition) is 2. The lowest BCUT2D eigenvalue weighted by Gasteiger charge is -2.37. The quantitative estimate of drug-likeness (QED) is 0.525. The van der Waals surface area contributed by atoms with Gasteiger partial charge in [0.15, 0.2) is 0 Å². The molecule has 0 aromatic heterocycles. The minimum absolute atomic E-state index is 0.0438. The molecule has 0 N–H and O–H groups in total. The van der Waals surface area contributed by atoms with Crippen molar-refractivity contribution in [2.75, 3.05) is 6.61 Å². The van der Waals surface area contributed by atoms with Crippen LogP contribution in [0.4, 0.5) is 0 Å². The van der Waals surface area contributed by atoms with Crippen LogP contribution in [0.15, 0.2) is 12.2 Å². The molecule has 2 nitrogen and oxygen atoms in total. The van der Waals surface area contributed by atoms with Crippen LogP contribution in [0.2, 0.25) is 0 Å². The largest absolute Gasteiger partial charge is 0.466 e. The number of carbonyl (C=O) groups is 1. The molecule has 1 rings (SSSR count). The van der Waals surface area contributed by atoms with Crippen molar-refractivity contribution >= 4 is 5.97 Å². The van der Waals surface area contributed by atoms with Crippen molar-refractivity contribution in [3.8, 4) is 0 Å². The molecule has 1 aliphatic rings. The monoisotopic (exact) mass is 210 g/mol. The highest BCUT2D eigenvalue weighted by atomic mass is 16.5. The highest BCUT2D eigenvalue weighted by Gasteiger charge is 2.43. The number of rotatable bonds is 4.